The molecule has 94 valence electrons. The topological polar surface area (TPSA) is 73.9 Å². The highest BCUT2D eigenvalue weighted by molar-refractivity contribution is 5.86. The minimum atomic E-state index is -0.345. The van der Waals surface area contributed by atoms with Crippen molar-refractivity contribution in [2.45, 2.75) is 13.0 Å². The fourth-order valence-corrected chi connectivity index (χ4v) is 2.35. The van der Waals surface area contributed by atoms with Crippen LogP contribution in [0, 0.1) is 0 Å². The molecule has 0 aliphatic carbocycles. The summed E-state index contributed by atoms with van der Waals surface area (Å²) in [6.45, 7) is 4.77. The van der Waals surface area contributed by atoms with Crippen LogP contribution in [0.4, 0.5) is 5.82 Å². The van der Waals surface area contributed by atoms with Crippen LogP contribution >= 0.6 is 0 Å². The zero-order chi connectivity index (χ0) is 12.5. The minimum Gasteiger partial charge on any atom is -0.351 e. The van der Waals surface area contributed by atoms with Crippen molar-refractivity contribution in [1.29, 1.82) is 0 Å². The normalized spacial score (nSPS) is 20.3. The molecule has 1 atom stereocenters. The lowest BCUT2D eigenvalue weighted by Crippen LogP contribution is -2.50. The molecule has 0 saturated carbocycles. The maximum absolute atomic E-state index is 11.6. The third kappa shape index (κ3) is 1.84. The summed E-state index contributed by atoms with van der Waals surface area (Å²) in [4.78, 5) is 24.7. The Morgan fingerprint density at radius 2 is 2.39 bits per heavy atom. The molecule has 3 rings (SSSR count). The van der Waals surface area contributed by atoms with E-state index in [2.05, 4.69) is 32.1 Å². The van der Waals surface area contributed by atoms with Gasteiger partial charge in [0.2, 0.25) is 0 Å². The number of fused-ring (bicyclic) bond motifs is 1. The Hall–Kier alpha value is -1.95. The van der Waals surface area contributed by atoms with Crippen molar-refractivity contribution in [2.75, 3.05) is 24.5 Å². The van der Waals surface area contributed by atoms with Crippen molar-refractivity contribution in [3.05, 3.63) is 28.8 Å². The number of H-pyrrole nitrogens is 1. The summed E-state index contributed by atoms with van der Waals surface area (Å²) in [6.07, 6.45) is 1.67. The van der Waals surface area contributed by atoms with Gasteiger partial charge >= 0.3 is 5.69 Å². The number of pyridine rings is 1. The van der Waals surface area contributed by atoms with Crippen LogP contribution < -0.4 is 15.9 Å². The van der Waals surface area contributed by atoms with E-state index >= 15 is 0 Å². The number of nitrogens with one attached hydrogen (secondary N) is 2. The number of anilines is 1. The van der Waals surface area contributed by atoms with E-state index in [9.17, 15) is 4.79 Å². The van der Waals surface area contributed by atoms with Gasteiger partial charge in [-0.1, -0.05) is 0 Å². The number of aromatic nitrogens is 3. The van der Waals surface area contributed by atoms with Gasteiger partial charge in [0.25, 0.3) is 0 Å². The number of hydrogen-bond donors (Lipinski definition) is 2. The maximum atomic E-state index is 11.6. The number of piperazine rings is 1. The Morgan fingerprint density at radius 1 is 1.50 bits per heavy atom. The third-order valence-corrected chi connectivity index (χ3v) is 3.25. The molecule has 2 N–H and O–H groups in total. The standard InChI is InChI=1S/C12H15N5O/c1-8-7-13-5-6-17(8)11-9-3-2-4-14-10(9)15-12(18)16-11/h2-4,8,13H,5-7H2,1H3,(H,14,15,16,18)/t8-/m0/s1. The van der Waals surface area contributed by atoms with Gasteiger partial charge in [0.05, 0.1) is 5.39 Å². The average molecular weight is 245 g/mol. The fraction of sp³-hybridized carbons (Fsp3) is 0.417. The van der Waals surface area contributed by atoms with E-state index in [-0.39, 0.29) is 5.69 Å². The van der Waals surface area contributed by atoms with Crippen LogP contribution in [-0.2, 0) is 0 Å². The molecular formula is C12H15N5O. The van der Waals surface area contributed by atoms with Crippen LogP contribution in [0.15, 0.2) is 23.1 Å². The third-order valence-electron chi connectivity index (χ3n) is 3.25. The summed E-state index contributed by atoms with van der Waals surface area (Å²) in [5.41, 5.74) is 0.250. The Labute approximate surface area is 104 Å². The zero-order valence-corrected chi connectivity index (χ0v) is 10.2. The van der Waals surface area contributed by atoms with Crippen LogP contribution in [0.2, 0.25) is 0 Å². The molecule has 0 unspecified atom stereocenters. The van der Waals surface area contributed by atoms with Gasteiger partial charge in [-0.2, -0.15) is 4.98 Å². The maximum Gasteiger partial charge on any atom is 0.348 e. The van der Waals surface area contributed by atoms with Crippen molar-refractivity contribution in [1.82, 2.24) is 20.3 Å². The van der Waals surface area contributed by atoms with Crippen LogP contribution in [-0.4, -0.2) is 40.6 Å². The van der Waals surface area contributed by atoms with Crippen molar-refractivity contribution < 1.29 is 0 Å². The molecule has 0 amide bonds. The molecule has 1 aliphatic rings. The van der Waals surface area contributed by atoms with Gasteiger partial charge < -0.3 is 10.2 Å². The molecule has 1 saturated heterocycles. The fourth-order valence-electron chi connectivity index (χ4n) is 2.35. The number of hydrogen-bond acceptors (Lipinski definition) is 5. The van der Waals surface area contributed by atoms with Gasteiger partial charge in [-0.05, 0) is 19.1 Å². The predicted octanol–water partition coefficient (Wildman–Crippen LogP) is 0.116. The molecule has 1 fully saturated rings. The van der Waals surface area contributed by atoms with Gasteiger partial charge in [0, 0.05) is 31.9 Å². The molecule has 0 radical (unpaired) electrons. The average Bonchev–Trinajstić information content (AvgIpc) is 2.38. The van der Waals surface area contributed by atoms with Gasteiger partial charge in [-0.15, -0.1) is 0 Å². The molecule has 6 nitrogen and oxygen atoms in total. The molecule has 6 heteroatoms. The first kappa shape index (κ1) is 11.2. The van der Waals surface area contributed by atoms with E-state index in [1.54, 1.807) is 6.20 Å². The van der Waals surface area contributed by atoms with Crippen molar-refractivity contribution >= 4 is 16.9 Å². The van der Waals surface area contributed by atoms with Crippen molar-refractivity contribution in [2.24, 2.45) is 0 Å². The first-order valence-corrected chi connectivity index (χ1v) is 6.08. The Balaban J connectivity index is 2.18. The lowest BCUT2D eigenvalue weighted by molar-refractivity contribution is 0.498. The molecule has 2 aromatic rings. The molecule has 18 heavy (non-hydrogen) atoms. The number of aromatic amines is 1. The van der Waals surface area contributed by atoms with Crippen LogP contribution in [0.25, 0.3) is 11.0 Å². The summed E-state index contributed by atoms with van der Waals surface area (Å²) >= 11 is 0. The summed E-state index contributed by atoms with van der Waals surface area (Å²) in [5, 5.41) is 4.22. The first-order valence-electron chi connectivity index (χ1n) is 6.08. The van der Waals surface area contributed by atoms with Crippen molar-refractivity contribution in [3.8, 4) is 0 Å². The highest BCUT2D eigenvalue weighted by Crippen LogP contribution is 2.22. The van der Waals surface area contributed by atoms with Gasteiger partial charge in [0.1, 0.15) is 11.5 Å². The SMILES string of the molecule is C[C@H]1CNCCN1c1nc(=O)[nH]c2ncccc12. The predicted molar refractivity (Wildman–Crippen MR) is 69.8 cm³/mol. The second-order valence-electron chi connectivity index (χ2n) is 4.51. The molecule has 0 spiro atoms. The van der Waals surface area contributed by atoms with E-state index in [1.165, 1.54) is 0 Å². The van der Waals surface area contributed by atoms with E-state index in [1.807, 2.05) is 12.1 Å². The highest BCUT2D eigenvalue weighted by atomic mass is 16.1. The lowest BCUT2D eigenvalue weighted by Gasteiger charge is -2.35. The van der Waals surface area contributed by atoms with Gasteiger partial charge in [-0.3, -0.25) is 4.98 Å². The molecule has 3 heterocycles. The largest absolute Gasteiger partial charge is 0.351 e. The molecule has 0 aromatic carbocycles. The van der Waals surface area contributed by atoms with Crippen molar-refractivity contribution in [3.63, 3.8) is 0 Å². The van der Waals surface area contributed by atoms with E-state index in [0.717, 1.165) is 30.8 Å². The van der Waals surface area contributed by atoms with Crippen LogP contribution in [0.1, 0.15) is 6.92 Å². The molecule has 1 aliphatic heterocycles. The molecule has 0 bridgehead atoms. The highest BCUT2D eigenvalue weighted by Gasteiger charge is 2.21. The Morgan fingerprint density at radius 3 is 3.22 bits per heavy atom. The Kier molecular flexibility index (Phi) is 2.71. The van der Waals surface area contributed by atoms with Gasteiger partial charge in [-0.25, -0.2) is 9.78 Å². The van der Waals surface area contributed by atoms with E-state index in [0.29, 0.717) is 11.7 Å². The number of rotatable bonds is 1. The first-order chi connectivity index (χ1) is 8.75. The van der Waals surface area contributed by atoms with Crippen LogP contribution in [0.3, 0.4) is 0 Å². The summed E-state index contributed by atoms with van der Waals surface area (Å²) in [6, 6.07) is 4.12. The molecule has 2 aromatic heterocycles. The van der Waals surface area contributed by atoms with E-state index < -0.39 is 0 Å². The second-order valence-corrected chi connectivity index (χ2v) is 4.51. The van der Waals surface area contributed by atoms with E-state index in [4.69, 9.17) is 0 Å². The second kappa shape index (κ2) is 4.38. The van der Waals surface area contributed by atoms with Crippen LogP contribution in [0.5, 0.6) is 0 Å². The monoisotopic (exact) mass is 245 g/mol. The lowest BCUT2D eigenvalue weighted by atomic mass is 10.2. The van der Waals surface area contributed by atoms with Gasteiger partial charge in [0.15, 0.2) is 0 Å². The summed E-state index contributed by atoms with van der Waals surface area (Å²) in [7, 11) is 0. The summed E-state index contributed by atoms with van der Waals surface area (Å²) < 4.78 is 0. The smallest absolute Gasteiger partial charge is 0.348 e. The quantitative estimate of drug-likeness (QED) is 0.746. The minimum absolute atomic E-state index is 0.316. The summed E-state index contributed by atoms with van der Waals surface area (Å²) in [5.74, 6) is 0.732. The number of nitrogens with zero attached hydrogens (tertiary/aromatic N) is 3. The molecular weight excluding hydrogens is 230 g/mol. The Bertz CT molecular complexity index is 623. The zero-order valence-electron chi connectivity index (χ0n) is 10.2.